The van der Waals surface area contributed by atoms with E-state index in [-0.39, 0.29) is 5.69 Å². The number of aromatic nitrogens is 2. The van der Waals surface area contributed by atoms with Crippen molar-refractivity contribution in [1.29, 1.82) is 0 Å². The molecule has 1 N–H and O–H groups in total. The summed E-state index contributed by atoms with van der Waals surface area (Å²) < 4.78 is 13.4. The molecule has 0 amide bonds. The lowest BCUT2D eigenvalue weighted by molar-refractivity contribution is 0.0689. The summed E-state index contributed by atoms with van der Waals surface area (Å²) in [6, 6.07) is 8.82. The van der Waals surface area contributed by atoms with Gasteiger partial charge in [0.15, 0.2) is 5.69 Å². The second-order valence-electron chi connectivity index (χ2n) is 3.09. The summed E-state index contributed by atoms with van der Waals surface area (Å²) in [6.07, 6.45) is 0. The van der Waals surface area contributed by atoms with E-state index in [4.69, 9.17) is 5.11 Å². The largest absolute Gasteiger partial charge is 0.476 e. The molecule has 0 fully saturated rings. The van der Waals surface area contributed by atoms with Gasteiger partial charge in [0.05, 0.1) is 5.69 Å². The first-order valence-corrected chi connectivity index (χ1v) is 4.50. The molecule has 0 bridgehead atoms. The average Bonchev–Trinajstić information content (AvgIpc) is 2.30. The van der Waals surface area contributed by atoms with Crippen LogP contribution in [0.5, 0.6) is 0 Å². The van der Waals surface area contributed by atoms with E-state index in [1.165, 1.54) is 18.2 Å². The van der Waals surface area contributed by atoms with Gasteiger partial charge in [0.2, 0.25) is 0 Å². The second-order valence-corrected chi connectivity index (χ2v) is 3.09. The highest BCUT2D eigenvalue weighted by atomic mass is 19.1. The molecule has 2 aromatic rings. The highest BCUT2D eigenvalue weighted by Gasteiger charge is 2.08. The Hall–Kier alpha value is -2.30. The lowest BCUT2D eigenvalue weighted by atomic mass is 10.1. The summed E-state index contributed by atoms with van der Waals surface area (Å²) in [5, 5.41) is 15.8. The Kier molecular flexibility index (Phi) is 2.59. The molecule has 0 aliphatic carbocycles. The minimum absolute atomic E-state index is 0.167. The zero-order valence-electron chi connectivity index (χ0n) is 8.09. The van der Waals surface area contributed by atoms with Crippen LogP contribution in [0.3, 0.4) is 0 Å². The molecule has 1 heterocycles. The Labute approximate surface area is 90.4 Å². The van der Waals surface area contributed by atoms with E-state index in [2.05, 4.69) is 10.2 Å². The number of hydrogen-bond donors (Lipinski definition) is 1. The highest BCUT2D eigenvalue weighted by molar-refractivity contribution is 5.85. The van der Waals surface area contributed by atoms with Crippen molar-refractivity contribution in [3.05, 3.63) is 47.9 Å². The van der Waals surface area contributed by atoms with Crippen LogP contribution in [0, 0.1) is 5.82 Å². The second kappa shape index (κ2) is 4.06. The molecule has 2 rings (SSSR count). The molecule has 1 aromatic carbocycles. The number of halogens is 1. The van der Waals surface area contributed by atoms with Gasteiger partial charge in [0, 0.05) is 5.56 Å². The molecule has 0 spiro atoms. The lowest BCUT2D eigenvalue weighted by Crippen LogP contribution is -2.02. The maximum atomic E-state index is 13.4. The van der Waals surface area contributed by atoms with Gasteiger partial charge in [0.25, 0.3) is 0 Å². The molecule has 4 nitrogen and oxygen atoms in total. The molecular formula is C11H7FN2O2. The predicted octanol–water partition coefficient (Wildman–Crippen LogP) is 1.98. The van der Waals surface area contributed by atoms with Crippen molar-refractivity contribution in [3.63, 3.8) is 0 Å². The van der Waals surface area contributed by atoms with Crippen molar-refractivity contribution < 1.29 is 14.3 Å². The quantitative estimate of drug-likeness (QED) is 0.837. The Morgan fingerprint density at radius 2 is 1.88 bits per heavy atom. The van der Waals surface area contributed by atoms with Crippen LogP contribution in [0.4, 0.5) is 4.39 Å². The molecule has 16 heavy (non-hydrogen) atoms. The monoisotopic (exact) mass is 218 g/mol. The fraction of sp³-hybridized carbons (Fsp3) is 0. The zero-order valence-corrected chi connectivity index (χ0v) is 8.09. The molecule has 0 aliphatic rings. The number of hydrogen-bond acceptors (Lipinski definition) is 3. The van der Waals surface area contributed by atoms with Crippen LogP contribution in [0.1, 0.15) is 10.5 Å². The number of aromatic carboxylic acids is 1. The highest BCUT2D eigenvalue weighted by Crippen LogP contribution is 2.19. The first kappa shape index (κ1) is 10.2. The third-order valence-corrected chi connectivity index (χ3v) is 2.03. The normalized spacial score (nSPS) is 10.1. The number of nitrogens with zero attached hydrogens (tertiary/aromatic N) is 2. The van der Waals surface area contributed by atoms with Crippen molar-refractivity contribution in [3.8, 4) is 11.3 Å². The molecule has 5 heteroatoms. The van der Waals surface area contributed by atoms with Crippen LogP contribution in [0.15, 0.2) is 36.4 Å². The van der Waals surface area contributed by atoms with Gasteiger partial charge >= 0.3 is 5.97 Å². The number of carboxylic acid groups (broad SMARTS) is 1. The van der Waals surface area contributed by atoms with Crippen molar-refractivity contribution in [2.45, 2.75) is 0 Å². The Morgan fingerprint density at radius 3 is 2.44 bits per heavy atom. The summed E-state index contributed by atoms with van der Waals surface area (Å²) in [4.78, 5) is 10.5. The number of carbonyl (C=O) groups is 1. The minimum atomic E-state index is -1.16. The lowest BCUT2D eigenvalue weighted by Gasteiger charge is -2.01. The van der Waals surface area contributed by atoms with E-state index in [1.54, 1.807) is 18.2 Å². The Morgan fingerprint density at radius 1 is 1.12 bits per heavy atom. The van der Waals surface area contributed by atoms with Crippen molar-refractivity contribution >= 4 is 5.97 Å². The van der Waals surface area contributed by atoms with Gasteiger partial charge < -0.3 is 5.11 Å². The van der Waals surface area contributed by atoms with Crippen molar-refractivity contribution in [2.24, 2.45) is 0 Å². The smallest absolute Gasteiger partial charge is 0.356 e. The van der Waals surface area contributed by atoms with E-state index < -0.39 is 11.8 Å². The number of rotatable bonds is 2. The van der Waals surface area contributed by atoms with Gasteiger partial charge in [-0.3, -0.25) is 0 Å². The van der Waals surface area contributed by atoms with Gasteiger partial charge in [-0.2, -0.15) is 0 Å². The summed E-state index contributed by atoms with van der Waals surface area (Å²) >= 11 is 0. The molecule has 80 valence electrons. The topological polar surface area (TPSA) is 63.1 Å². The van der Waals surface area contributed by atoms with Crippen LogP contribution in [-0.2, 0) is 0 Å². The third-order valence-electron chi connectivity index (χ3n) is 2.03. The van der Waals surface area contributed by atoms with Gasteiger partial charge in [-0.1, -0.05) is 12.1 Å². The fourth-order valence-electron chi connectivity index (χ4n) is 1.26. The molecule has 1 aromatic heterocycles. The number of benzene rings is 1. The van der Waals surface area contributed by atoms with Crippen LogP contribution in [-0.4, -0.2) is 21.3 Å². The van der Waals surface area contributed by atoms with Crippen LogP contribution in [0.25, 0.3) is 11.3 Å². The van der Waals surface area contributed by atoms with E-state index in [0.29, 0.717) is 11.3 Å². The summed E-state index contributed by atoms with van der Waals surface area (Å²) in [5.74, 6) is -1.58. The Bertz CT molecular complexity index is 526. The number of carboxylic acids is 1. The SMILES string of the molecule is O=C(O)c1ccc(-c2ccccc2F)nn1. The first-order valence-electron chi connectivity index (χ1n) is 4.50. The van der Waals surface area contributed by atoms with E-state index in [1.807, 2.05) is 0 Å². The molecular weight excluding hydrogens is 211 g/mol. The van der Waals surface area contributed by atoms with E-state index in [0.717, 1.165) is 0 Å². The summed E-state index contributed by atoms with van der Waals surface area (Å²) in [7, 11) is 0. The van der Waals surface area contributed by atoms with E-state index >= 15 is 0 Å². The molecule has 0 atom stereocenters. The van der Waals surface area contributed by atoms with Crippen molar-refractivity contribution in [1.82, 2.24) is 10.2 Å². The minimum Gasteiger partial charge on any atom is -0.476 e. The van der Waals surface area contributed by atoms with Gasteiger partial charge in [-0.15, -0.1) is 10.2 Å². The summed E-state index contributed by atoms with van der Waals surface area (Å²) in [6.45, 7) is 0. The van der Waals surface area contributed by atoms with Gasteiger partial charge in [0.1, 0.15) is 5.82 Å². The molecule has 0 saturated carbocycles. The zero-order chi connectivity index (χ0) is 11.5. The predicted molar refractivity (Wildman–Crippen MR) is 54.4 cm³/mol. The molecule has 0 unspecified atom stereocenters. The van der Waals surface area contributed by atoms with E-state index in [9.17, 15) is 9.18 Å². The third kappa shape index (κ3) is 1.88. The maximum absolute atomic E-state index is 13.4. The fourth-order valence-corrected chi connectivity index (χ4v) is 1.26. The summed E-state index contributed by atoms with van der Waals surface area (Å²) in [5.41, 5.74) is 0.440. The van der Waals surface area contributed by atoms with Crippen LogP contribution < -0.4 is 0 Å². The standard InChI is InChI=1S/C11H7FN2O2/c12-8-4-2-1-3-7(8)9-5-6-10(11(15)16)14-13-9/h1-6H,(H,15,16). The van der Waals surface area contributed by atoms with Crippen LogP contribution in [0.2, 0.25) is 0 Å². The van der Waals surface area contributed by atoms with Gasteiger partial charge in [-0.05, 0) is 24.3 Å². The van der Waals surface area contributed by atoms with Gasteiger partial charge in [-0.25, -0.2) is 9.18 Å². The van der Waals surface area contributed by atoms with Crippen molar-refractivity contribution in [2.75, 3.05) is 0 Å². The average molecular weight is 218 g/mol. The van der Waals surface area contributed by atoms with Crippen LogP contribution >= 0.6 is 0 Å². The Balaban J connectivity index is 2.43. The molecule has 0 saturated heterocycles. The molecule has 0 radical (unpaired) electrons. The molecule has 0 aliphatic heterocycles. The first-order chi connectivity index (χ1) is 7.68. The maximum Gasteiger partial charge on any atom is 0.356 e.